The molecular formula is C15H21ClN2O2. The lowest BCUT2D eigenvalue weighted by Gasteiger charge is -2.28. The Kier molecular flexibility index (Phi) is 4.89. The van der Waals surface area contributed by atoms with Gasteiger partial charge in [-0.15, -0.1) is 0 Å². The Morgan fingerprint density at radius 2 is 1.95 bits per heavy atom. The van der Waals surface area contributed by atoms with Crippen LogP contribution in [0.1, 0.15) is 25.7 Å². The molecule has 1 amide bonds. The van der Waals surface area contributed by atoms with E-state index in [1.54, 1.807) is 24.1 Å². The van der Waals surface area contributed by atoms with Crippen LogP contribution < -0.4 is 10.5 Å². The highest BCUT2D eigenvalue weighted by molar-refractivity contribution is 6.30. The zero-order chi connectivity index (χ0) is 14.6. The van der Waals surface area contributed by atoms with E-state index in [0.29, 0.717) is 18.2 Å². The molecule has 1 aromatic carbocycles. The van der Waals surface area contributed by atoms with Crippen LogP contribution in [-0.4, -0.2) is 36.5 Å². The second-order valence-electron chi connectivity index (χ2n) is 5.39. The molecule has 0 saturated heterocycles. The number of hydrogen-bond donors (Lipinski definition) is 1. The molecule has 0 bridgehead atoms. The lowest BCUT2D eigenvalue weighted by molar-refractivity contribution is -0.135. The fourth-order valence-electron chi connectivity index (χ4n) is 2.53. The van der Waals surface area contributed by atoms with Crippen LogP contribution in [0, 0.1) is 0 Å². The minimum atomic E-state index is -0.658. The number of amides is 1. The number of halogens is 1. The summed E-state index contributed by atoms with van der Waals surface area (Å²) in [5.41, 5.74) is 5.50. The average Bonchev–Trinajstić information content (AvgIpc) is 2.88. The maximum Gasteiger partial charge on any atom is 0.242 e. The van der Waals surface area contributed by atoms with Gasteiger partial charge in [0.15, 0.2) is 0 Å². The van der Waals surface area contributed by atoms with Crippen molar-refractivity contribution in [2.45, 2.75) is 31.2 Å². The molecule has 2 N–H and O–H groups in total. The summed E-state index contributed by atoms with van der Waals surface area (Å²) in [7, 11) is 1.78. The van der Waals surface area contributed by atoms with Crippen molar-refractivity contribution in [1.29, 1.82) is 0 Å². The van der Waals surface area contributed by atoms with E-state index in [1.807, 2.05) is 12.1 Å². The van der Waals surface area contributed by atoms with E-state index in [2.05, 4.69) is 0 Å². The van der Waals surface area contributed by atoms with E-state index >= 15 is 0 Å². The van der Waals surface area contributed by atoms with Gasteiger partial charge < -0.3 is 15.4 Å². The molecule has 1 aromatic rings. The van der Waals surface area contributed by atoms with Gasteiger partial charge in [0.1, 0.15) is 12.4 Å². The number of hydrogen-bond acceptors (Lipinski definition) is 3. The largest absolute Gasteiger partial charge is 0.492 e. The SMILES string of the molecule is CN(CCOc1ccc(Cl)cc1)C(=O)C1(N)CCCC1. The molecule has 2 rings (SSSR count). The molecule has 0 spiro atoms. The number of carbonyl (C=O) groups excluding carboxylic acids is 1. The minimum Gasteiger partial charge on any atom is -0.492 e. The van der Waals surface area contributed by atoms with Crippen LogP contribution in [0.25, 0.3) is 0 Å². The first-order valence-electron chi connectivity index (χ1n) is 6.94. The summed E-state index contributed by atoms with van der Waals surface area (Å²) in [6.45, 7) is 0.973. The van der Waals surface area contributed by atoms with Gasteiger partial charge in [0.25, 0.3) is 0 Å². The summed E-state index contributed by atoms with van der Waals surface area (Å²) in [6, 6.07) is 7.18. The van der Waals surface area contributed by atoms with Gasteiger partial charge in [-0.2, -0.15) is 0 Å². The molecule has 1 aliphatic carbocycles. The predicted octanol–water partition coefficient (Wildman–Crippen LogP) is 2.45. The molecule has 0 aliphatic heterocycles. The maximum atomic E-state index is 12.3. The Morgan fingerprint density at radius 3 is 2.55 bits per heavy atom. The van der Waals surface area contributed by atoms with E-state index in [1.165, 1.54) is 0 Å². The van der Waals surface area contributed by atoms with Crippen molar-refractivity contribution in [3.63, 3.8) is 0 Å². The number of nitrogens with two attached hydrogens (primary N) is 1. The van der Waals surface area contributed by atoms with Gasteiger partial charge in [0.2, 0.25) is 5.91 Å². The van der Waals surface area contributed by atoms with Gasteiger partial charge >= 0.3 is 0 Å². The first-order valence-corrected chi connectivity index (χ1v) is 7.32. The van der Waals surface area contributed by atoms with Crippen molar-refractivity contribution < 1.29 is 9.53 Å². The number of carbonyl (C=O) groups is 1. The molecule has 5 heteroatoms. The van der Waals surface area contributed by atoms with Crippen molar-refractivity contribution in [3.8, 4) is 5.75 Å². The Morgan fingerprint density at radius 1 is 1.35 bits per heavy atom. The second-order valence-corrected chi connectivity index (χ2v) is 5.83. The summed E-state index contributed by atoms with van der Waals surface area (Å²) in [4.78, 5) is 13.9. The number of rotatable bonds is 5. The standard InChI is InChI=1S/C15H21ClN2O2/c1-18(14(19)15(17)8-2-3-9-15)10-11-20-13-6-4-12(16)5-7-13/h4-7H,2-3,8-11,17H2,1H3. The Hall–Kier alpha value is -1.26. The van der Waals surface area contributed by atoms with E-state index in [4.69, 9.17) is 22.1 Å². The Bertz CT molecular complexity index is 455. The minimum absolute atomic E-state index is 0.0229. The van der Waals surface area contributed by atoms with Crippen molar-refractivity contribution in [2.75, 3.05) is 20.2 Å². The van der Waals surface area contributed by atoms with Crippen molar-refractivity contribution in [2.24, 2.45) is 5.73 Å². The smallest absolute Gasteiger partial charge is 0.242 e. The third-order valence-electron chi connectivity index (χ3n) is 3.78. The van der Waals surface area contributed by atoms with E-state index in [9.17, 15) is 4.79 Å². The summed E-state index contributed by atoms with van der Waals surface area (Å²) < 4.78 is 5.58. The van der Waals surface area contributed by atoms with Crippen LogP contribution >= 0.6 is 11.6 Å². The van der Waals surface area contributed by atoms with E-state index in [0.717, 1.165) is 31.4 Å². The van der Waals surface area contributed by atoms with E-state index in [-0.39, 0.29) is 5.91 Å². The van der Waals surface area contributed by atoms with Gasteiger partial charge in [-0.05, 0) is 37.1 Å². The number of benzene rings is 1. The molecule has 0 heterocycles. The lowest BCUT2D eigenvalue weighted by atomic mass is 9.97. The first kappa shape index (κ1) is 15.1. The number of nitrogens with zero attached hydrogens (tertiary/aromatic N) is 1. The fourth-order valence-corrected chi connectivity index (χ4v) is 2.66. The molecule has 0 atom stereocenters. The monoisotopic (exact) mass is 296 g/mol. The lowest BCUT2D eigenvalue weighted by Crippen LogP contribution is -2.53. The highest BCUT2D eigenvalue weighted by Gasteiger charge is 2.38. The summed E-state index contributed by atoms with van der Waals surface area (Å²) in [5.74, 6) is 0.772. The van der Waals surface area contributed by atoms with Gasteiger partial charge in [0.05, 0.1) is 12.1 Å². The normalized spacial score (nSPS) is 16.9. The highest BCUT2D eigenvalue weighted by atomic mass is 35.5. The molecule has 0 radical (unpaired) electrons. The van der Waals surface area contributed by atoms with Crippen LogP contribution in [0.2, 0.25) is 5.02 Å². The molecule has 1 saturated carbocycles. The van der Waals surface area contributed by atoms with Gasteiger partial charge in [-0.3, -0.25) is 4.79 Å². The second kappa shape index (κ2) is 6.46. The van der Waals surface area contributed by atoms with Crippen molar-refractivity contribution in [1.82, 2.24) is 4.90 Å². The first-order chi connectivity index (χ1) is 9.51. The number of likely N-dealkylation sites (N-methyl/N-ethyl adjacent to an activating group) is 1. The molecule has 1 fully saturated rings. The molecular weight excluding hydrogens is 276 g/mol. The zero-order valence-corrected chi connectivity index (χ0v) is 12.5. The molecule has 0 aromatic heterocycles. The zero-order valence-electron chi connectivity index (χ0n) is 11.8. The summed E-state index contributed by atoms with van der Waals surface area (Å²) in [6.07, 6.45) is 3.65. The number of ether oxygens (including phenoxy) is 1. The van der Waals surface area contributed by atoms with Gasteiger partial charge in [0, 0.05) is 12.1 Å². The van der Waals surface area contributed by atoms with Crippen molar-refractivity contribution >= 4 is 17.5 Å². The maximum absolute atomic E-state index is 12.3. The summed E-state index contributed by atoms with van der Waals surface area (Å²) in [5, 5.41) is 0.677. The Balaban J connectivity index is 1.78. The molecule has 0 unspecified atom stereocenters. The fraction of sp³-hybridized carbons (Fsp3) is 0.533. The molecule has 1 aliphatic rings. The van der Waals surface area contributed by atoms with Crippen LogP contribution in [0.5, 0.6) is 5.75 Å². The van der Waals surface area contributed by atoms with Crippen LogP contribution in [0.4, 0.5) is 0 Å². The molecule has 4 nitrogen and oxygen atoms in total. The van der Waals surface area contributed by atoms with E-state index < -0.39 is 5.54 Å². The molecule has 20 heavy (non-hydrogen) atoms. The van der Waals surface area contributed by atoms with Crippen LogP contribution in [0.15, 0.2) is 24.3 Å². The molecule has 110 valence electrons. The van der Waals surface area contributed by atoms with Gasteiger partial charge in [-0.1, -0.05) is 24.4 Å². The third-order valence-corrected chi connectivity index (χ3v) is 4.03. The van der Waals surface area contributed by atoms with Crippen LogP contribution in [-0.2, 0) is 4.79 Å². The Labute approximate surface area is 124 Å². The summed E-state index contributed by atoms with van der Waals surface area (Å²) >= 11 is 5.80. The highest BCUT2D eigenvalue weighted by Crippen LogP contribution is 2.28. The third kappa shape index (κ3) is 3.64. The average molecular weight is 297 g/mol. The van der Waals surface area contributed by atoms with Crippen molar-refractivity contribution in [3.05, 3.63) is 29.3 Å². The van der Waals surface area contributed by atoms with Crippen LogP contribution in [0.3, 0.4) is 0 Å². The topological polar surface area (TPSA) is 55.6 Å². The quantitative estimate of drug-likeness (QED) is 0.908. The van der Waals surface area contributed by atoms with Gasteiger partial charge in [-0.25, -0.2) is 0 Å². The predicted molar refractivity (Wildman–Crippen MR) is 80.0 cm³/mol.